The minimum absolute atomic E-state index is 0.00473. The van der Waals surface area contributed by atoms with Crippen LogP contribution in [0.3, 0.4) is 0 Å². The zero-order chi connectivity index (χ0) is 23.3. The largest absolute Gasteiger partial charge is 0.493 e. The van der Waals surface area contributed by atoms with E-state index in [1.165, 1.54) is 19.1 Å². The van der Waals surface area contributed by atoms with Crippen molar-refractivity contribution in [2.24, 2.45) is 5.73 Å². The number of ether oxygens (including phenoxy) is 2. The lowest BCUT2D eigenvalue weighted by atomic mass is 9.97. The fourth-order valence-corrected chi connectivity index (χ4v) is 3.90. The Morgan fingerprint density at radius 1 is 1.22 bits per heavy atom. The van der Waals surface area contributed by atoms with E-state index in [9.17, 15) is 13.6 Å². The Balaban J connectivity index is 1.69. The Kier molecular flexibility index (Phi) is 8.04. The predicted molar refractivity (Wildman–Crippen MR) is 119 cm³/mol. The van der Waals surface area contributed by atoms with Crippen molar-refractivity contribution in [3.05, 3.63) is 59.2 Å². The lowest BCUT2D eigenvalue weighted by Gasteiger charge is -2.31. The van der Waals surface area contributed by atoms with E-state index < -0.39 is 23.7 Å². The van der Waals surface area contributed by atoms with E-state index in [1.54, 1.807) is 0 Å². The highest BCUT2D eigenvalue weighted by Gasteiger charge is 2.25. The van der Waals surface area contributed by atoms with Crippen LogP contribution in [0.2, 0.25) is 0 Å². The van der Waals surface area contributed by atoms with Crippen LogP contribution in [0.5, 0.6) is 11.5 Å². The summed E-state index contributed by atoms with van der Waals surface area (Å²) in [6.45, 7) is 6.29. The fraction of sp³-hybridized carbons (Fsp3) is 0.458. The van der Waals surface area contributed by atoms with Gasteiger partial charge in [-0.3, -0.25) is 4.79 Å². The molecule has 4 N–H and O–H groups in total. The molecule has 1 amide bonds. The normalized spacial score (nSPS) is 17.3. The second kappa shape index (κ2) is 10.7. The third-order valence-electron chi connectivity index (χ3n) is 5.28. The monoisotopic (exact) mass is 447 g/mol. The Hall–Kier alpha value is -2.71. The summed E-state index contributed by atoms with van der Waals surface area (Å²) in [7, 11) is 0. The van der Waals surface area contributed by atoms with Crippen molar-refractivity contribution in [1.29, 1.82) is 0 Å². The van der Waals surface area contributed by atoms with Crippen LogP contribution in [0.15, 0.2) is 36.4 Å². The smallest absolute Gasteiger partial charge is 0.217 e. The molecule has 0 saturated carbocycles. The maximum absolute atomic E-state index is 13.6. The summed E-state index contributed by atoms with van der Waals surface area (Å²) in [5.74, 6) is -0.0103. The quantitative estimate of drug-likeness (QED) is 0.550. The molecule has 32 heavy (non-hydrogen) atoms. The molecule has 1 unspecified atom stereocenters. The zero-order valence-electron chi connectivity index (χ0n) is 18.7. The van der Waals surface area contributed by atoms with Gasteiger partial charge in [-0.2, -0.15) is 0 Å². The third-order valence-corrected chi connectivity index (χ3v) is 5.28. The van der Waals surface area contributed by atoms with E-state index in [4.69, 9.17) is 15.2 Å². The molecular formula is C24H31F2N3O3. The molecule has 0 aliphatic carbocycles. The highest BCUT2D eigenvalue weighted by molar-refractivity contribution is 5.73. The molecule has 2 aromatic rings. The van der Waals surface area contributed by atoms with Crippen LogP contribution in [0, 0.1) is 11.6 Å². The second-order valence-corrected chi connectivity index (χ2v) is 8.42. The number of carbonyl (C=O) groups excluding carboxylic acids is 1. The number of carbonyl (C=O) groups is 1. The van der Waals surface area contributed by atoms with Gasteiger partial charge in [0.2, 0.25) is 5.91 Å². The van der Waals surface area contributed by atoms with Crippen molar-refractivity contribution in [3.8, 4) is 11.5 Å². The van der Waals surface area contributed by atoms with Crippen molar-refractivity contribution >= 4 is 5.91 Å². The number of halogens is 2. The minimum Gasteiger partial charge on any atom is -0.493 e. The zero-order valence-corrected chi connectivity index (χ0v) is 18.7. The molecule has 0 bridgehead atoms. The fourth-order valence-electron chi connectivity index (χ4n) is 3.90. The van der Waals surface area contributed by atoms with Crippen LogP contribution < -0.4 is 25.8 Å². The molecule has 8 heteroatoms. The van der Waals surface area contributed by atoms with Crippen LogP contribution in [0.1, 0.15) is 44.4 Å². The average Bonchev–Trinajstić information content (AvgIpc) is 2.70. The van der Waals surface area contributed by atoms with Crippen LogP contribution >= 0.6 is 0 Å². The number of amides is 1. The summed E-state index contributed by atoms with van der Waals surface area (Å²) in [5.41, 5.74) is 7.83. The number of benzene rings is 2. The lowest BCUT2D eigenvalue weighted by Crippen LogP contribution is -2.53. The van der Waals surface area contributed by atoms with E-state index in [1.807, 2.05) is 32.0 Å². The van der Waals surface area contributed by atoms with Gasteiger partial charge in [0, 0.05) is 49.6 Å². The summed E-state index contributed by atoms with van der Waals surface area (Å²) in [6.07, 6.45) is 1.03. The first-order valence-electron chi connectivity index (χ1n) is 10.9. The highest BCUT2D eigenvalue weighted by atomic mass is 19.1. The molecule has 0 saturated heterocycles. The number of fused-ring (bicyclic) bond motifs is 1. The van der Waals surface area contributed by atoms with Crippen molar-refractivity contribution in [2.45, 2.75) is 57.8 Å². The Morgan fingerprint density at radius 2 is 1.94 bits per heavy atom. The molecule has 0 radical (unpaired) electrons. The van der Waals surface area contributed by atoms with E-state index in [0.29, 0.717) is 18.7 Å². The molecule has 1 heterocycles. The number of nitrogens with two attached hydrogens (primary N) is 1. The molecule has 174 valence electrons. The van der Waals surface area contributed by atoms with Gasteiger partial charge >= 0.3 is 0 Å². The van der Waals surface area contributed by atoms with Gasteiger partial charge in [0.15, 0.2) is 0 Å². The SMILES string of the molecule is CC(=O)N[C@@H](Cc1cc(F)cc(F)c1)[C@H](N)CNC1CCOc2ccc(OC(C)C)cc21. The maximum Gasteiger partial charge on any atom is 0.217 e. The average molecular weight is 448 g/mol. The number of hydrogen-bond donors (Lipinski definition) is 3. The molecule has 3 atom stereocenters. The van der Waals surface area contributed by atoms with Gasteiger partial charge < -0.3 is 25.8 Å². The van der Waals surface area contributed by atoms with Crippen LogP contribution in [0.25, 0.3) is 0 Å². The molecule has 6 nitrogen and oxygen atoms in total. The minimum atomic E-state index is -0.661. The van der Waals surface area contributed by atoms with Gasteiger partial charge in [0.1, 0.15) is 23.1 Å². The highest BCUT2D eigenvalue weighted by Crippen LogP contribution is 2.35. The molecular weight excluding hydrogens is 416 g/mol. The Morgan fingerprint density at radius 3 is 2.59 bits per heavy atom. The molecule has 0 aromatic heterocycles. The van der Waals surface area contributed by atoms with Crippen LogP contribution in [0.4, 0.5) is 8.78 Å². The predicted octanol–water partition coefficient (Wildman–Crippen LogP) is 3.24. The number of hydrogen-bond acceptors (Lipinski definition) is 5. The summed E-state index contributed by atoms with van der Waals surface area (Å²) in [6, 6.07) is 8.12. The maximum atomic E-state index is 13.6. The van der Waals surface area contributed by atoms with Crippen molar-refractivity contribution in [2.75, 3.05) is 13.2 Å². The second-order valence-electron chi connectivity index (χ2n) is 8.42. The molecule has 1 aliphatic heterocycles. The van der Waals surface area contributed by atoms with Gasteiger partial charge in [-0.05, 0) is 56.2 Å². The molecule has 2 aromatic carbocycles. The Labute approximate surface area is 187 Å². The first kappa shape index (κ1) is 23.9. The van der Waals surface area contributed by atoms with Crippen LogP contribution in [-0.4, -0.2) is 37.2 Å². The Bertz CT molecular complexity index is 918. The van der Waals surface area contributed by atoms with E-state index in [0.717, 1.165) is 29.5 Å². The van der Waals surface area contributed by atoms with Gasteiger partial charge in [0.25, 0.3) is 0 Å². The molecule has 0 spiro atoms. The summed E-state index contributed by atoms with van der Waals surface area (Å²) in [4.78, 5) is 11.7. The number of nitrogens with one attached hydrogen (secondary N) is 2. The topological polar surface area (TPSA) is 85.6 Å². The molecule has 1 aliphatic rings. The van der Waals surface area contributed by atoms with Gasteiger partial charge in [-0.25, -0.2) is 8.78 Å². The summed E-state index contributed by atoms with van der Waals surface area (Å²) < 4.78 is 38.8. The van der Waals surface area contributed by atoms with Crippen molar-refractivity contribution in [3.63, 3.8) is 0 Å². The standard InChI is InChI=1S/C24H31F2N3O3/c1-14(2)32-19-4-5-24-20(12-19)22(6-7-31-24)28-13-21(27)23(29-15(3)30)10-16-8-17(25)11-18(26)9-16/h4-5,8-9,11-12,14,21-23,28H,6-7,10,13,27H2,1-3H3,(H,29,30)/t21-,22?,23+/m1/s1. The number of rotatable bonds is 9. The van der Waals surface area contributed by atoms with Gasteiger partial charge in [0.05, 0.1) is 12.7 Å². The first-order chi connectivity index (χ1) is 15.2. The van der Waals surface area contributed by atoms with Gasteiger partial charge in [-0.1, -0.05) is 0 Å². The first-order valence-corrected chi connectivity index (χ1v) is 10.9. The van der Waals surface area contributed by atoms with Crippen molar-refractivity contribution in [1.82, 2.24) is 10.6 Å². The lowest BCUT2D eigenvalue weighted by molar-refractivity contribution is -0.119. The van der Waals surface area contributed by atoms with E-state index >= 15 is 0 Å². The summed E-state index contributed by atoms with van der Waals surface area (Å²) >= 11 is 0. The van der Waals surface area contributed by atoms with Crippen LogP contribution in [-0.2, 0) is 11.2 Å². The molecule has 3 rings (SSSR count). The third kappa shape index (κ3) is 6.64. The summed E-state index contributed by atoms with van der Waals surface area (Å²) in [5, 5.41) is 6.27. The van der Waals surface area contributed by atoms with E-state index in [-0.39, 0.29) is 24.5 Å². The van der Waals surface area contributed by atoms with E-state index in [2.05, 4.69) is 10.6 Å². The van der Waals surface area contributed by atoms with Gasteiger partial charge in [-0.15, -0.1) is 0 Å². The van der Waals surface area contributed by atoms with Crippen molar-refractivity contribution < 1.29 is 23.0 Å². The molecule has 0 fully saturated rings.